The van der Waals surface area contributed by atoms with Crippen molar-refractivity contribution in [2.45, 2.75) is 12.8 Å². The summed E-state index contributed by atoms with van der Waals surface area (Å²) in [5.41, 5.74) is 20.3. The summed E-state index contributed by atoms with van der Waals surface area (Å²) >= 11 is 0. The van der Waals surface area contributed by atoms with Crippen molar-refractivity contribution in [3.63, 3.8) is 0 Å². The zero-order chi connectivity index (χ0) is 15.2. The van der Waals surface area contributed by atoms with Crippen molar-refractivity contribution in [1.29, 1.82) is 0 Å². The molecule has 0 radical (unpaired) electrons. The van der Waals surface area contributed by atoms with E-state index in [1.54, 1.807) is 12.2 Å². The highest BCUT2D eigenvalue weighted by atomic mass is 16.5. The number of hydrogen-bond acceptors (Lipinski definition) is 3. The molecule has 0 unspecified atom stereocenters. The van der Waals surface area contributed by atoms with E-state index in [4.69, 9.17) is 20.5 Å². The molecule has 0 aromatic carbocycles. The quantitative estimate of drug-likeness (QED) is 0.626. The molecule has 2 aliphatic rings. The first-order valence-electron chi connectivity index (χ1n) is 6.33. The Bertz CT molecular complexity index is 613. The van der Waals surface area contributed by atoms with Gasteiger partial charge in [-0.05, 0) is 12.2 Å². The second-order valence-electron chi connectivity index (χ2n) is 4.37. The average molecular weight is 285 g/mol. The Balaban J connectivity index is 2.17. The van der Waals surface area contributed by atoms with Crippen molar-refractivity contribution in [1.82, 2.24) is 5.32 Å². The maximum atomic E-state index is 8.87. The minimum Gasteiger partial charge on any atom is -0.490 e. The first-order valence-corrected chi connectivity index (χ1v) is 6.33. The Morgan fingerprint density at radius 1 is 0.905 bits per heavy atom. The third-order valence-corrected chi connectivity index (χ3v) is 3.14. The number of allylic oxidation sites excluding steroid dienone is 6. The molecule has 0 bridgehead atoms. The number of ether oxygens (including phenoxy) is 2. The Morgan fingerprint density at radius 3 is 1.67 bits per heavy atom. The Hall–Kier alpha value is -2.88. The largest absolute Gasteiger partial charge is 0.490 e. The molecule has 2 aliphatic carbocycles. The average Bonchev–Trinajstić information content (AvgIpc) is 2.54. The Morgan fingerprint density at radius 2 is 1.33 bits per heavy atom. The fourth-order valence-electron chi connectivity index (χ4n) is 2.06. The molecule has 1 N–H and O–H groups in total. The molecule has 0 saturated carbocycles. The van der Waals surface area contributed by atoms with E-state index in [2.05, 4.69) is 14.9 Å². The van der Waals surface area contributed by atoms with Gasteiger partial charge in [0.2, 0.25) is 11.5 Å². The maximum absolute atomic E-state index is 8.87. The van der Waals surface area contributed by atoms with Gasteiger partial charge in [0.15, 0.2) is 0 Å². The normalized spacial score (nSPS) is 17.6. The molecular formula is C14H15N5O2. The highest BCUT2D eigenvalue weighted by Crippen LogP contribution is 2.18. The molecule has 0 fully saturated rings. The first-order chi connectivity index (χ1) is 10.2. The van der Waals surface area contributed by atoms with Gasteiger partial charge in [0, 0.05) is 23.5 Å². The summed E-state index contributed by atoms with van der Waals surface area (Å²) in [5, 5.41) is 3.21. The van der Waals surface area contributed by atoms with Gasteiger partial charge in [-0.1, -0.05) is 0 Å². The third-order valence-electron chi connectivity index (χ3n) is 3.14. The zero-order valence-electron chi connectivity index (χ0n) is 11.8. The van der Waals surface area contributed by atoms with Gasteiger partial charge < -0.3 is 25.9 Å². The van der Waals surface area contributed by atoms with Crippen LogP contribution in [0.5, 0.6) is 0 Å². The predicted octanol–water partition coefficient (Wildman–Crippen LogP) is 1.55. The van der Waals surface area contributed by atoms with E-state index in [1.165, 1.54) is 14.2 Å². The fraction of sp³-hybridized carbons (Fsp3) is 0.286. The zero-order valence-corrected chi connectivity index (χ0v) is 11.8. The van der Waals surface area contributed by atoms with Crippen molar-refractivity contribution < 1.29 is 19.1 Å². The molecule has 0 aromatic heterocycles. The van der Waals surface area contributed by atoms with Crippen molar-refractivity contribution in [3.8, 4) is 0 Å². The van der Waals surface area contributed by atoms with Crippen LogP contribution in [0.25, 0.3) is 11.1 Å². The van der Waals surface area contributed by atoms with E-state index < -0.39 is 0 Å². The molecule has 2 rings (SSSR count). The lowest BCUT2D eigenvalue weighted by atomic mass is 10.1. The minimum atomic E-state index is 0.468. The maximum Gasteiger partial charge on any atom is 0.337 e. The molecule has 0 aliphatic heterocycles. The minimum absolute atomic E-state index is 0.468. The third kappa shape index (κ3) is 3.17. The topological polar surface area (TPSA) is 103 Å². The van der Waals surface area contributed by atoms with Crippen LogP contribution in [0, 0.1) is 0 Å². The van der Waals surface area contributed by atoms with E-state index in [0.717, 1.165) is 11.4 Å². The van der Waals surface area contributed by atoms with Crippen LogP contribution in [0.4, 0.5) is 0 Å². The molecule has 21 heavy (non-hydrogen) atoms. The van der Waals surface area contributed by atoms with Gasteiger partial charge in [-0.15, -0.1) is 0 Å². The summed E-state index contributed by atoms with van der Waals surface area (Å²) in [6, 6.07) is 0. The van der Waals surface area contributed by atoms with E-state index in [0.29, 0.717) is 35.8 Å². The van der Waals surface area contributed by atoms with Crippen LogP contribution in [0.2, 0.25) is 0 Å². The lowest BCUT2D eigenvalue weighted by molar-refractivity contribution is -0.0112. The number of methoxy groups -OCH3 is 2. The number of hydrogen-bond donors (Lipinski definition) is 1. The summed E-state index contributed by atoms with van der Waals surface area (Å²) in [4.78, 5) is 6.38. The summed E-state index contributed by atoms with van der Waals surface area (Å²) in [5.74, 6) is 1.01. The number of rotatable bonds is 4. The van der Waals surface area contributed by atoms with E-state index in [9.17, 15) is 0 Å². The number of nitrogens with one attached hydrogen (secondary N) is 1. The molecule has 0 amide bonds. The second kappa shape index (κ2) is 6.52. The second-order valence-corrected chi connectivity index (χ2v) is 4.37. The van der Waals surface area contributed by atoms with Gasteiger partial charge in [-0.3, -0.25) is 0 Å². The van der Waals surface area contributed by atoms with Crippen LogP contribution in [-0.2, 0) is 9.47 Å². The molecule has 0 heterocycles. The number of nitrogens with zero attached hydrogens (tertiary/aromatic N) is 4. The van der Waals surface area contributed by atoms with Crippen LogP contribution in [0.1, 0.15) is 12.8 Å². The van der Waals surface area contributed by atoms with Gasteiger partial charge in [-0.2, -0.15) is 9.58 Å². The molecule has 7 nitrogen and oxygen atoms in total. The summed E-state index contributed by atoms with van der Waals surface area (Å²) < 4.78 is 10.3. The van der Waals surface area contributed by atoms with Crippen molar-refractivity contribution >= 4 is 11.4 Å². The molecular weight excluding hydrogens is 270 g/mol. The molecule has 0 aromatic rings. The lowest BCUT2D eigenvalue weighted by Gasteiger charge is -2.15. The van der Waals surface area contributed by atoms with Gasteiger partial charge in [0.05, 0.1) is 27.1 Å². The SMILES string of the molecule is COC1=CC(NC2=CCC(=[N+]=[N-])C(OC)=C2)=CCC1=[N+]=[N-]. The summed E-state index contributed by atoms with van der Waals surface area (Å²) in [6.07, 6.45) is 8.19. The summed E-state index contributed by atoms with van der Waals surface area (Å²) in [7, 11) is 3.04. The Kier molecular flexibility index (Phi) is 4.51. The van der Waals surface area contributed by atoms with Crippen LogP contribution in [0.15, 0.2) is 47.2 Å². The highest BCUT2D eigenvalue weighted by molar-refractivity contribution is 5.97. The monoisotopic (exact) mass is 285 g/mol. The van der Waals surface area contributed by atoms with Gasteiger partial charge in [0.1, 0.15) is 0 Å². The van der Waals surface area contributed by atoms with E-state index >= 15 is 0 Å². The molecule has 0 spiro atoms. The van der Waals surface area contributed by atoms with E-state index in [-0.39, 0.29) is 0 Å². The molecule has 0 saturated heterocycles. The molecule has 7 heteroatoms. The first kappa shape index (κ1) is 14.5. The fourth-order valence-corrected chi connectivity index (χ4v) is 2.06. The van der Waals surface area contributed by atoms with E-state index in [1.807, 2.05) is 12.2 Å². The summed E-state index contributed by atoms with van der Waals surface area (Å²) in [6.45, 7) is 0. The van der Waals surface area contributed by atoms with Crippen LogP contribution >= 0.6 is 0 Å². The predicted molar refractivity (Wildman–Crippen MR) is 76.0 cm³/mol. The Labute approximate surface area is 122 Å². The molecule has 108 valence electrons. The standard InChI is InChI=1S/C14H15N5O2/c1-20-13-7-9(3-5-11(13)18-15)17-10-4-6-12(19-16)14(8-10)21-2/h3-4,7-8,17H,5-6H2,1-2H3. The van der Waals surface area contributed by atoms with Crippen LogP contribution < -0.4 is 5.32 Å². The van der Waals surface area contributed by atoms with Gasteiger partial charge in [-0.25, -0.2) is 0 Å². The lowest BCUT2D eigenvalue weighted by Crippen LogP contribution is -2.20. The van der Waals surface area contributed by atoms with Gasteiger partial charge >= 0.3 is 11.4 Å². The van der Waals surface area contributed by atoms with Crippen LogP contribution in [-0.4, -0.2) is 35.2 Å². The van der Waals surface area contributed by atoms with Crippen molar-refractivity contribution in [3.05, 3.63) is 58.3 Å². The van der Waals surface area contributed by atoms with Crippen molar-refractivity contribution in [2.75, 3.05) is 14.2 Å². The van der Waals surface area contributed by atoms with Crippen LogP contribution in [0.3, 0.4) is 0 Å². The smallest absolute Gasteiger partial charge is 0.337 e. The van der Waals surface area contributed by atoms with Gasteiger partial charge in [0.25, 0.3) is 0 Å². The molecule has 0 atom stereocenters. The van der Waals surface area contributed by atoms with Crippen molar-refractivity contribution in [2.24, 2.45) is 0 Å². The highest BCUT2D eigenvalue weighted by Gasteiger charge is 2.23.